The molecule has 0 amide bonds. The summed E-state index contributed by atoms with van der Waals surface area (Å²) in [5.74, 6) is 2.17. The first-order valence-electron chi connectivity index (χ1n) is 13.7. The summed E-state index contributed by atoms with van der Waals surface area (Å²) in [6, 6.07) is 12.8. The fraction of sp³-hybridized carbons (Fsp3) is 0.516. The second kappa shape index (κ2) is 11.1. The predicted octanol–water partition coefficient (Wildman–Crippen LogP) is 6.87. The molecule has 1 saturated heterocycles. The summed E-state index contributed by atoms with van der Waals surface area (Å²) < 4.78 is 2.46. The van der Waals surface area contributed by atoms with Gasteiger partial charge < -0.3 is 14.6 Å². The molecule has 1 aliphatic carbocycles. The number of fused-ring (bicyclic) bond motifs is 5. The number of aromatic carboxylic acids is 1. The number of carbonyl (C=O) groups is 1. The van der Waals surface area contributed by atoms with Crippen molar-refractivity contribution in [3.63, 3.8) is 0 Å². The van der Waals surface area contributed by atoms with Crippen molar-refractivity contribution < 1.29 is 9.90 Å². The molecule has 37 heavy (non-hydrogen) atoms. The number of aromatic nitrogens is 1. The Hall–Kier alpha value is -2.44. The topological polar surface area (TPSA) is 48.7 Å². The number of hydrogen-bond donors (Lipinski definition) is 1. The van der Waals surface area contributed by atoms with Gasteiger partial charge in [-0.2, -0.15) is 11.8 Å². The van der Waals surface area contributed by atoms with E-state index in [0.717, 1.165) is 31.7 Å². The van der Waals surface area contributed by atoms with E-state index in [1.165, 1.54) is 90.2 Å². The van der Waals surface area contributed by atoms with Gasteiger partial charge in [0.15, 0.2) is 0 Å². The summed E-state index contributed by atoms with van der Waals surface area (Å²) in [7, 11) is 0. The van der Waals surface area contributed by atoms with E-state index in [1.54, 1.807) is 6.07 Å². The van der Waals surface area contributed by atoms with Crippen LogP contribution in [0.15, 0.2) is 36.4 Å². The highest BCUT2D eigenvalue weighted by Gasteiger charge is 2.31. The molecular formula is C31H41N3O2S. The van der Waals surface area contributed by atoms with Crippen molar-refractivity contribution in [1.82, 2.24) is 9.47 Å². The van der Waals surface area contributed by atoms with E-state index >= 15 is 0 Å². The zero-order chi connectivity index (χ0) is 24.6. The maximum atomic E-state index is 11.9. The number of nitrogens with zero attached hydrogens (tertiary/aromatic N) is 3. The van der Waals surface area contributed by atoms with E-state index in [9.17, 15) is 9.90 Å². The number of carboxylic acid groups (broad SMARTS) is 1. The number of rotatable bonds is 5. The molecule has 1 N–H and O–H groups in total. The summed E-state index contributed by atoms with van der Waals surface area (Å²) in [5.41, 5.74) is 8.23. The van der Waals surface area contributed by atoms with Gasteiger partial charge in [-0.15, -0.1) is 0 Å². The molecular weight excluding hydrogens is 478 g/mol. The van der Waals surface area contributed by atoms with Crippen LogP contribution in [0.25, 0.3) is 22.2 Å². The lowest BCUT2D eigenvalue weighted by molar-refractivity contribution is 0.0697. The number of hydrogen-bond acceptors (Lipinski definition) is 4. The lowest BCUT2D eigenvalue weighted by Gasteiger charge is -2.31. The summed E-state index contributed by atoms with van der Waals surface area (Å²) in [5, 5.41) is 11.0. The molecule has 2 aliphatic heterocycles. The predicted molar refractivity (Wildman–Crippen MR) is 158 cm³/mol. The van der Waals surface area contributed by atoms with Crippen LogP contribution in [0.3, 0.4) is 0 Å². The molecule has 2 fully saturated rings. The third kappa shape index (κ3) is 5.03. The summed E-state index contributed by atoms with van der Waals surface area (Å²) in [6.07, 6.45) is 6.34. The standard InChI is InChI=1S/C30H37N3O2S.CH4/c1-21-7-9-25-26(19-21)32(12-11-31-15-17-36-18-16-31)13-14-33-27-20-23(30(34)35)8-10-24(27)28(29(25)33)22-5-3-2-4-6-22;/h7-10,19-20,22H,2-6,11-18H2,1H3,(H,34,35);1H4. The van der Waals surface area contributed by atoms with Gasteiger partial charge in [0.2, 0.25) is 0 Å². The first kappa shape index (κ1) is 26.2. The maximum Gasteiger partial charge on any atom is 0.335 e. The Morgan fingerprint density at radius 3 is 2.51 bits per heavy atom. The van der Waals surface area contributed by atoms with Gasteiger partial charge in [0.1, 0.15) is 0 Å². The third-order valence-corrected chi connectivity index (χ3v) is 9.44. The van der Waals surface area contributed by atoms with Crippen molar-refractivity contribution in [2.24, 2.45) is 0 Å². The summed E-state index contributed by atoms with van der Waals surface area (Å²) >= 11 is 2.07. The molecule has 0 radical (unpaired) electrons. The molecule has 1 aromatic heterocycles. The average molecular weight is 520 g/mol. The van der Waals surface area contributed by atoms with Crippen molar-refractivity contribution in [3.8, 4) is 11.3 Å². The normalized spacial score (nSPS) is 18.7. The minimum atomic E-state index is -0.849. The first-order chi connectivity index (χ1) is 17.6. The lowest BCUT2D eigenvalue weighted by atomic mass is 9.81. The van der Waals surface area contributed by atoms with Crippen LogP contribution >= 0.6 is 11.8 Å². The van der Waals surface area contributed by atoms with Gasteiger partial charge in [0.05, 0.1) is 11.3 Å². The molecule has 0 bridgehead atoms. The van der Waals surface area contributed by atoms with E-state index in [-0.39, 0.29) is 7.43 Å². The quantitative estimate of drug-likeness (QED) is 0.399. The average Bonchev–Trinajstić information content (AvgIpc) is 3.14. The Labute approximate surface area is 225 Å². The number of anilines is 1. The Bertz CT molecular complexity index is 1270. The zero-order valence-corrected chi connectivity index (χ0v) is 22.2. The van der Waals surface area contributed by atoms with Gasteiger partial charge in [0, 0.05) is 72.9 Å². The van der Waals surface area contributed by atoms with Crippen LogP contribution in [-0.4, -0.2) is 64.8 Å². The Balaban J connectivity index is 0.00000280. The number of aryl methyl sites for hydroxylation is 1. The third-order valence-electron chi connectivity index (χ3n) is 8.50. The van der Waals surface area contributed by atoms with Crippen molar-refractivity contribution in [2.75, 3.05) is 49.1 Å². The number of carboxylic acids is 1. The lowest BCUT2D eigenvalue weighted by Crippen LogP contribution is -2.40. The fourth-order valence-corrected chi connectivity index (χ4v) is 7.58. The van der Waals surface area contributed by atoms with Gasteiger partial charge in [0.25, 0.3) is 0 Å². The van der Waals surface area contributed by atoms with Crippen molar-refractivity contribution in [1.29, 1.82) is 0 Å². The van der Waals surface area contributed by atoms with Crippen LogP contribution in [0.2, 0.25) is 0 Å². The van der Waals surface area contributed by atoms with Gasteiger partial charge in [-0.05, 0) is 55.0 Å². The molecule has 2 aromatic carbocycles. The van der Waals surface area contributed by atoms with Crippen LogP contribution in [0.4, 0.5) is 5.69 Å². The van der Waals surface area contributed by atoms with E-state index in [4.69, 9.17) is 0 Å². The van der Waals surface area contributed by atoms with Gasteiger partial charge in [-0.1, -0.05) is 44.9 Å². The van der Waals surface area contributed by atoms with E-state index in [1.807, 2.05) is 6.07 Å². The molecule has 6 heteroatoms. The second-order valence-electron chi connectivity index (χ2n) is 10.7. The van der Waals surface area contributed by atoms with Crippen molar-refractivity contribution >= 4 is 34.3 Å². The summed E-state index contributed by atoms with van der Waals surface area (Å²) in [6.45, 7) is 8.52. The van der Waals surface area contributed by atoms with Crippen LogP contribution in [0.5, 0.6) is 0 Å². The molecule has 3 heterocycles. The van der Waals surface area contributed by atoms with Crippen LogP contribution < -0.4 is 4.90 Å². The van der Waals surface area contributed by atoms with Crippen molar-refractivity contribution in [3.05, 3.63) is 53.1 Å². The minimum Gasteiger partial charge on any atom is -0.478 e. The molecule has 0 unspecified atom stereocenters. The molecule has 3 aromatic rings. The highest BCUT2D eigenvalue weighted by atomic mass is 32.2. The highest BCUT2D eigenvalue weighted by Crippen LogP contribution is 2.47. The van der Waals surface area contributed by atoms with E-state index in [2.05, 4.69) is 57.3 Å². The van der Waals surface area contributed by atoms with Gasteiger partial charge in [-0.3, -0.25) is 4.90 Å². The van der Waals surface area contributed by atoms with Crippen LogP contribution in [-0.2, 0) is 6.54 Å². The number of thioether (sulfide) groups is 1. The number of benzene rings is 2. The monoisotopic (exact) mass is 519 g/mol. The van der Waals surface area contributed by atoms with E-state index < -0.39 is 5.97 Å². The maximum absolute atomic E-state index is 11.9. The molecule has 0 spiro atoms. The molecule has 5 nitrogen and oxygen atoms in total. The fourth-order valence-electron chi connectivity index (χ4n) is 6.60. The second-order valence-corrected chi connectivity index (χ2v) is 12.0. The Kier molecular flexibility index (Phi) is 7.87. The van der Waals surface area contributed by atoms with Crippen LogP contribution in [0, 0.1) is 6.92 Å². The zero-order valence-electron chi connectivity index (χ0n) is 21.3. The minimum absolute atomic E-state index is 0. The van der Waals surface area contributed by atoms with Crippen LogP contribution in [0.1, 0.15) is 66.9 Å². The largest absolute Gasteiger partial charge is 0.478 e. The SMILES string of the molecule is C.Cc1ccc2c(c1)N(CCN1CCSCC1)CCn1c-2c(C2CCCCC2)c2ccc(C(=O)O)cc21. The van der Waals surface area contributed by atoms with Gasteiger partial charge in [-0.25, -0.2) is 4.79 Å². The molecule has 198 valence electrons. The Morgan fingerprint density at radius 2 is 1.76 bits per heavy atom. The van der Waals surface area contributed by atoms with Crippen molar-refractivity contribution in [2.45, 2.75) is 58.9 Å². The van der Waals surface area contributed by atoms with Gasteiger partial charge >= 0.3 is 5.97 Å². The Morgan fingerprint density at radius 1 is 0.973 bits per heavy atom. The molecule has 3 aliphatic rings. The van der Waals surface area contributed by atoms with E-state index in [0.29, 0.717) is 11.5 Å². The molecule has 1 saturated carbocycles. The molecule has 6 rings (SSSR count). The smallest absolute Gasteiger partial charge is 0.335 e. The molecule has 0 atom stereocenters. The first-order valence-corrected chi connectivity index (χ1v) is 14.8. The highest BCUT2D eigenvalue weighted by molar-refractivity contribution is 7.99. The summed E-state index contributed by atoms with van der Waals surface area (Å²) in [4.78, 5) is 17.1.